The van der Waals surface area contributed by atoms with Crippen LogP contribution in [0.15, 0.2) is 12.3 Å². The van der Waals surface area contributed by atoms with Gasteiger partial charge in [0, 0.05) is 18.8 Å². The van der Waals surface area contributed by atoms with Crippen LogP contribution >= 0.6 is 0 Å². The second kappa shape index (κ2) is 4.77. The molecule has 1 aromatic heterocycles. The summed E-state index contributed by atoms with van der Waals surface area (Å²) in [6.45, 7) is 9.18. The van der Waals surface area contributed by atoms with Crippen molar-refractivity contribution in [2.45, 2.75) is 45.9 Å². The first-order valence-corrected chi connectivity index (χ1v) is 5.32. The van der Waals surface area contributed by atoms with Crippen molar-refractivity contribution in [3.63, 3.8) is 0 Å². The van der Waals surface area contributed by atoms with E-state index in [1.165, 1.54) is 0 Å². The lowest BCUT2D eigenvalue weighted by atomic mass is 10.1. The molecule has 0 fully saturated rings. The number of aromatic nitrogens is 2. The zero-order valence-electron chi connectivity index (χ0n) is 10.0. The van der Waals surface area contributed by atoms with Crippen molar-refractivity contribution in [1.82, 2.24) is 9.78 Å². The molecule has 1 aromatic rings. The van der Waals surface area contributed by atoms with Gasteiger partial charge in [0.1, 0.15) is 0 Å². The summed E-state index contributed by atoms with van der Waals surface area (Å²) in [7, 11) is 0. The molecule has 0 unspecified atom stereocenters. The Balaban J connectivity index is 2.51. The third-order valence-electron chi connectivity index (χ3n) is 2.30. The SMILES string of the molecule is CC(C)n1ccc(COC(C)(C)CN)n1. The highest BCUT2D eigenvalue weighted by molar-refractivity contribution is 4.98. The highest BCUT2D eigenvalue weighted by atomic mass is 16.5. The van der Waals surface area contributed by atoms with Gasteiger partial charge < -0.3 is 10.5 Å². The summed E-state index contributed by atoms with van der Waals surface area (Å²) in [4.78, 5) is 0. The van der Waals surface area contributed by atoms with Crippen molar-refractivity contribution in [3.8, 4) is 0 Å². The lowest BCUT2D eigenvalue weighted by Gasteiger charge is -2.22. The third-order valence-corrected chi connectivity index (χ3v) is 2.30. The molecule has 1 rings (SSSR count). The Kier molecular flexibility index (Phi) is 3.88. The van der Waals surface area contributed by atoms with E-state index < -0.39 is 0 Å². The van der Waals surface area contributed by atoms with Crippen molar-refractivity contribution < 1.29 is 4.74 Å². The number of rotatable bonds is 5. The fraction of sp³-hybridized carbons (Fsp3) is 0.727. The van der Waals surface area contributed by atoms with Crippen LogP contribution in [0.5, 0.6) is 0 Å². The Morgan fingerprint density at radius 2 is 2.20 bits per heavy atom. The third kappa shape index (κ3) is 3.64. The molecule has 0 radical (unpaired) electrons. The molecule has 0 aliphatic rings. The molecule has 0 aliphatic heterocycles. The first kappa shape index (κ1) is 12.2. The Bertz CT molecular complexity index is 305. The monoisotopic (exact) mass is 211 g/mol. The molecule has 0 atom stereocenters. The molecular weight excluding hydrogens is 190 g/mol. The van der Waals surface area contributed by atoms with Gasteiger partial charge in [-0.05, 0) is 33.8 Å². The minimum Gasteiger partial charge on any atom is -0.368 e. The largest absolute Gasteiger partial charge is 0.368 e. The van der Waals surface area contributed by atoms with Gasteiger partial charge in [-0.15, -0.1) is 0 Å². The Morgan fingerprint density at radius 3 is 2.67 bits per heavy atom. The summed E-state index contributed by atoms with van der Waals surface area (Å²) in [5.41, 5.74) is 6.25. The van der Waals surface area contributed by atoms with Crippen LogP contribution in [0.4, 0.5) is 0 Å². The van der Waals surface area contributed by atoms with E-state index in [2.05, 4.69) is 18.9 Å². The number of hydrogen-bond donors (Lipinski definition) is 1. The van der Waals surface area contributed by atoms with Crippen LogP contribution in [-0.2, 0) is 11.3 Å². The topological polar surface area (TPSA) is 53.1 Å². The normalized spacial score (nSPS) is 12.4. The highest BCUT2D eigenvalue weighted by Crippen LogP contribution is 2.11. The highest BCUT2D eigenvalue weighted by Gasteiger charge is 2.16. The number of hydrogen-bond acceptors (Lipinski definition) is 3. The van der Waals surface area contributed by atoms with Crippen LogP contribution in [0.25, 0.3) is 0 Å². The van der Waals surface area contributed by atoms with E-state index in [1.54, 1.807) is 0 Å². The average Bonchev–Trinajstić information content (AvgIpc) is 2.63. The summed E-state index contributed by atoms with van der Waals surface area (Å²) >= 11 is 0. The molecule has 4 heteroatoms. The predicted molar refractivity (Wildman–Crippen MR) is 60.5 cm³/mol. The Hall–Kier alpha value is -0.870. The van der Waals surface area contributed by atoms with Crippen molar-refractivity contribution in [2.75, 3.05) is 6.54 Å². The Morgan fingerprint density at radius 1 is 1.53 bits per heavy atom. The zero-order valence-corrected chi connectivity index (χ0v) is 10.0. The van der Waals surface area contributed by atoms with Crippen molar-refractivity contribution in [3.05, 3.63) is 18.0 Å². The molecule has 2 N–H and O–H groups in total. The van der Waals surface area contributed by atoms with Crippen LogP contribution in [0.1, 0.15) is 39.4 Å². The molecule has 86 valence electrons. The number of ether oxygens (including phenoxy) is 1. The number of nitrogens with two attached hydrogens (primary N) is 1. The number of nitrogens with zero attached hydrogens (tertiary/aromatic N) is 2. The van der Waals surface area contributed by atoms with Crippen LogP contribution < -0.4 is 5.73 Å². The zero-order chi connectivity index (χ0) is 11.5. The first-order chi connectivity index (χ1) is 6.94. The lowest BCUT2D eigenvalue weighted by Crippen LogP contribution is -2.33. The summed E-state index contributed by atoms with van der Waals surface area (Å²) in [5, 5.41) is 4.40. The van der Waals surface area contributed by atoms with Gasteiger partial charge in [0.2, 0.25) is 0 Å². The molecule has 0 saturated carbocycles. The minimum atomic E-state index is -0.276. The predicted octanol–water partition coefficient (Wildman–Crippen LogP) is 1.72. The molecule has 0 spiro atoms. The van der Waals surface area contributed by atoms with Gasteiger partial charge in [0.15, 0.2) is 0 Å². The van der Waals surface area contributed by atoms with Crippen molar-refractivity contribution in [2.24, 2.45) is 5.73 Å². The van der Waals surface area contributed by atoms with E-state index in [1.807, 2.05) is 30.8 Å². The lowest BCUT2D eigenvalue weighted by molar-refractivity contribution is -0.0238. The van der Waals surface area contributed by atoms with E-state index in [0.29, 0.717) is 19.2 Å². The van der Waals surface area contributed by atoms with E-state index in [-0.39, 0.29) is 5.60 Å². The maximum Gasteiger partial charge on any atom is 0.0914 e. The van der Waals surface area contributed by atoms with E-state index in [9.17, 15) is 0 Å². The summed E-state index contributed by atoms with van der Waals surface area (Å²) in [5.74, 6) is 0. The smallest absolute Gasteiger partial charge is 0.0914 e. The van der Waals surface area contributed by atoms with Gasteiger partial charge in [-0.2, -0.15) is 5.10 Å². The second-order valence-corrected chi connectivity index (χ2v) is 4.63. The van der Waals surface area contributed by atoms with Crippen molar-refractivity contribution >= 4 is 0 Å². The fourth-order valence-electron chi connectivity index (χ4n) is 1.07. The maximum absolute atomic E-state index is 5.66. The van der Waals surface area contributed by atoms with E-state index in [4.69, 9.17) is 10.5 Å². The van der Waals surface area contributed by atoms with Gasteiger partial charge in [-0.3, -0.25) is 4.68 Å². The van der Waals surface area contributed by atoms with Crippen LogP contribution in [-0.4, -0.2) is 21.9 Å². The van der Waals surface area contributed by atoms with Gasteiger partial charge in [0.25, 0.3) is 0 Å². The van der Waals surface area contributed by atoms with Crippen molar-refractivity contribution in [1.29, 1.82) is 0 Å². The summed E-state index contributed by atoms with van der Waals surface area (Å²) in [6, 6.07) is 2.37. The van der Waals surface area contributed by atoms with Gasteiger partial charge in [-0.1, -0.05) is 0 Å². The molecule has 0 amide bonds. The van der Waals surface area contributed by atoms with Crippen LogP contribution in [0, 0.1) is 0 Å². The summed E-state index contributed by atoms with van der Waals surface area (Å²) in [6.07, 6.45) is 1.97. The van der Waals surface area contributed by atoms with Gasteiger partial charge in [0.05, 0.1) is 17.9 Å². The quantitative estimate of drug-likeness (QED) is 0.806. The molecule has 4 nitrogen and oxygen atoms in total. The van der Waals surface area contributed by atoms with Crippen LogP contribution in [0.3, 0.4) is 0 Å². The average molecular weight is 211 g/mol. The standard InChI is InChI=1S/C11H21N3O/c1-9(2)14-6-5-10(13-14)7-15-11(3,4)8-12/h5-6,9H,7-8,12H2,1-4H3. The van der Waals surface area contributed by atoms with E-state index >= 15 is 0 Å². The van der Waals surface area contributed by atoms with Gasteiger partial charge in [-0.25, -0.2) is 0 Å². The summed E-state index contributed by atoms with van der Waals surface area (Å²) < 4.78 is 7.58. The molecule has 0 bridgehead atoms. The molecule has 1 heterocycles. The van der Waals surface area contributed by atoms with Gasteiger partial charge >= 0.3 is 0 Å². The molecular formula is C11H21N3O. The second-order valence-electron chi connectivity index (χ2n) is 4.63. The Labute approximate surface area is 91.4 Å². The first-order valence-electron chi connectivity index (χ1n) is 5.32. The molecule has 0 aromatic carbocycles. The fourth-order valence-corrected chi connectivity index (χ4v) is 1.07. The minimum absolute atomic E-state index is 0.276. The molecule has 0 aliphatic carbocycles. The van der Waals surface area contributed by atoms with Crippen LogP contribution in [0.2, 0.25) is 0 Å². The van der Waals surface area contributed by atoms with E-state index in [0.717, 1.165) is 5.69 Å². The molecule has 0 saturated heterocycles. The molecule has 15 heavy (non-hydrogen) atoms. The maximum atomic E-state index is 5.66.